The van der Waals surface area contributed by atoms with Gasteiger partial charge in [-0.25, -0.2) is 0 Å². The van der Waals surface area contributed by atoms with Gasteiger partial charge in [-0.3, -0.25) is 14.5 Å². The number of para-hydroxylation sites is 1. The predicted octanol–water partition coefficient (Wildman–Crippen LogP) is 6.42. The number of carbonyl (C=O) groups excluding carboxylic acids is 2. The summed E-state index contributed by atoms with van der Waals surface area (Å²) in [5.41, 5.74) is 2.66. The van der Waals surface area contributed by atoms with Crippen LogP contribution in [-0.2, 0) is 9.59 Å². The first kappa shape index (κ1) is 23.9. The lowest BCUT2D eigenvalue weighted by Gasteiger charge is -2.26. The van der Waals surface area contributed by atoms with E-state index in [0.29, 0.717) is 28.5 Å². The van der Waals surface area contributed by atoms with Crippen molar-refractivity contribution in [1.29, 1.82) is 0 Å². The Labute approximate surface area is 215 Å². The molecule has 0 spiro atoms. The lowest BCUT2D eigenvalue weighted by atomic mass is 9.94. The normalized spacial score (nSPS) is 16.6. The largest absolute Gasteiger partial charge is 0.507 e. The van der Waals surface area contributed by atoms with Gasteiger partial charge in [-0.05, 0) is 73.2 Å². The Kier molecular flexibility index (Phi) is 6.47. The van der Waals surface area contributed by atoms with Crippen LogP contribution in [0, 0.1) is 6.92 Å². The molecule has 0 aromatic heterocycles. The van der Waals surface area contributed by atoms with Gasteiger partial charge in [0.1, 0.15) is 23.0 Å². The Balaban J connectivity index is 1.58. The number of aryl methyl sites for hydroxylation is 1. The second-order valence-corrected chi connectivity index (χ2v) is 8.72. The summed E-state index contributed by atoms with van der Waals surface area (Å²) >= 11 is 0. The van der Waals surface area contributed by atoms with Gasteiger partial charge in [-0.2, -0.15) is 0 Å². The number of Topliss-reactive ketones (excluding diaryl/α,β-unsaturated/α-hetero) is 1. The van der Waals surface area contributed by atoms with Crippen molar-refractivity contribution in [2.45, 2.75) is 13.0 Å². The van der Waals surface area contributed by atoms with Crippen molar-refractivity contribution in [3.8, 4) is 17.2 Å². The quantitative estimate of drug-likeness (QED) is 0.191. The van der Waals surface area contributed by atoms with Gasteiger partial charge >= 0.3 is 0 Å². The molecule has 1 saturated heterocycles. The number of hydrogen-bond donors (Lipinski definition) is 1. The maximum absolute atomic E-state index is 13.4. The number of rotatable bonds is 6. The number of aliphatic hydroxyl groups excluding tert-OH is 1. The zero-order chi connectivity index (χ0) is 25.9. The second kappa shape index (κ2) is 10.0. The molecule has 0 aliphatic carbocycles. The van der Waals surface area contributed by atoms with E-state index in [2.05, 4.69) is 0 Å². The molecule has 4 aromatic carbocycles. The molecule has 1 heterocycles. The van der Waals surface area contributed by atoms with Crippen molar-refractivity contribution in [2.75, 3.05) is 12.0 Å². The number of carbonyl (C=O) groups is 2. The number of hydrogen-bond acceptors (Lipinski definition) is 5. The average Bonchev–Trinajstić information content (AvgIpc) is 3.19. The number of benzene rings is 4. The molecule has 1 atom stereocenters. The minimum atomic E-state index is -0.803. The Bertz CT molecular complexity index is 1470. The van der Waals surface area contributed by atoms with Gasteiger partial charge < -0.3 is 14.6 Å². The highest BCUT2D eigenvalue weighted by Crippen LogP contribution is 2.43. The molecule has 4 aromatic rings. The van der Waals surface area contributed by atoms with Crippen LogP contribution in [0.3, 0.4) is 0 Å². The first-order chi connectivity index (χ1) is 18.0. The zero-order valence-electron chi connectivity index (χ0n) is 20.4. The van der Waals surface area contributed by atoms with Crippen molar-refractivity contribution in [3.63, 3.8) is 0 Å². The van der Waals surface area contributed by atoms with Crippen LogP contribution in [0.2, 0.25) is 0 Å². The molecule has 6 heteroatoms. The van der Waals surface area contributed by atoms with Gasteiger partial charge in [0.05, 0.1) is 18.7 Å². The third kappa shape index (κ3) is 4.69. The molecule has 1 amide bonds. The number of ether oxygens (including phenoxy) is 2. The summed E-state index contributed by atoms with van der Waals surface area (Å²) in [5.74, 6) is 0.207. The fraction of sp³-hybridized carbons (Fsp3) is 0.0968. The maximum Gasteiger partial charge on any atom is 0.300 e. The Hall–Kier alpha value is -4.84. The van der Waals surface area contributed by atoms with Crippen LogP contribution in [0.5, 0.6) is 17.2 Å². The van der Waals surface area contributed by atoms with E-state index < -0.39 is 17.7 Å². The van der Waals surface area contributed by atoms with Crippen molar-refractivity contribution >= 4 is 23.1 Å². The summed E-state index contributed by atoms with van der Waals surface area (Å²) < 4.78 is 11.1. The van der Waals surface area contributed by atoms with Crippen LogP contribution in [0.15, 0.2) is 109 Å². The molecule has 1 N–H and O–H groups in total. The average molecular weight is 492 g/mol. The second-order valence-electron chi connectivity index (χ2n) is 8.72. The molecule has 1 aliphatic heterocycles. The first-order valence-corrected chi connectivity index (χ1v) is 11.8. The predicted molar refractivity (Wildman–Crippen MR) is 142 cm³/mol. The molecule has 1 unspecified atom stereocenters. The monoisotopic (exact) mass is 491 g/mol. The molecule has 0 saturated carbocycles. The van der Waals surface area contributed by atoms with Crippen molar-refractivity contribution in [2.24, 2.45) is 0 Å². The minimum Gasteiger partial charge on any atom is -0.507 e. The summed E-state index contributed by atoms with van der Waals surface area (Å²) in [6.07, 6.45) is 0. The van der Waals surface area contributed by atoms with Crippen molar-refractivity contribution < 1.29 is 24.2 Å². The fourth-order valence-corrected chi connectivity index (χ4v) is 4.46. The van der Waals surface area contributed by atoms with E-state index in [1.54, 1.807) is 55.6 Å². The first-order valence-electron chi connectivity index (χ1n) is 11.8. The third-order valence-electron chi connectivity index (χ3n) is 6.26. The standard InChI is InChI=1S/C31H25NO5/c1-20-7-6-8-22(19-20)28-27(29(33)21-11-15-24(36-2)16-12-21)30(34)31(35)32(28)23-13-17-26(18-14-23)37-25-9-4-3-5-10-25/h3-19,28,33H,1-2H3/b29-27-. The highest BCUT2D eigenvalue weighted by molar-refractivity contribution is 6.51. The fourth-order valence-electron chi connectivity index (χ4n) is 4.46. The van der Waals surface area contributed by atoms with Crippen LogP contribution in [0.25, 0.3) is 5.76 Å². The van der Waals surface area contributed by atoms with Gasteiger partial charge in [-0.1, -0.05) is 48.0 Å². The highest BCUT2D eigenvalue weighted by Gasteiger charge is 2.47. The van der Waals surface area contributed by atoms with E-state index >= 15 is 0 Å². The molecule has 0 bridgehead atoms. The van der Waals surface area contributed by atoms with E-state index in [1.165, 1.54) is 4.90 Å². The van der Waals surface area contributed by atoms with Gasteiger partial charge in [0, 0.05) is 11.3 Å². The minimum absolute atomic E-state index is 0.0328. The van der Waals surface area contributed by atoms with Crippen LogP contribution in [0.1, 0.15) is 22.7 Å². The molecule has 6 nitrogen and oxygen atoms in total. The zero-order valence-corrected chi connectivity index (χ0v) is 20.4. The van der Waals surface area contributed by atoms with Crippen LogP contribution in [0.4, 0.5) is 5.69 Å². The van der Waals surface area contributed by atoms with E-state index in [1.807, 2.05) is 61.5 Å². The molecule has 0 radical (unpaired) electrons. The van der Waals surface area contributed by atoms with Gasteiger partial charge in [0.25, 0.3) is 11.7 Å². The van der Waals surface area contributed by atoms with E-state index in [0.717, 1.165) is 11.1 Å². The molecule has 184 valence electrons. The third-order valence-corrected chi connectivity index (χ3v) is 6.26. The number of methoxy groups -OCH3 is 1. The summed E-state index contributed by atoms with van der Waals surface area (Å²) in [6.45, 7) is 1.94. The summed E-state index contributed by atoms with van der Waals surface area (Å²) in [7, 11) is 1.55. The van der Waals surface area contributed by atoms with Crippen molar-refractivity contribution in [1.82, 2.24) is 0 Å². The lowest BCUT2D eigenvalue weighted by Crippen LogP contribution is -2.29. The van der Waals surface area contributed by atoms with Crippen LogP contribution in [-0.4, -0.2) is 23.9 Å². The van der Waals surface area contributed by atoms with Crippen LogP contribution < -0.4 is 14.4 Å². The smallest absolute Gasteiger partial charge is 0.300 e. The van der Waals surface area contributed by atoms with Gasteiger partial charge in [0.2, 0.25) is 0 Å². The highest BCUT2D eigenvalue weighted by atomic mass is 16.5. The number of anilines is 1. The van der Waals surface area contributed by atoms with E-state index in [-0.39, 0.29) is 11.3 Å². The molecule has 1 aliphatic rings. The molecular weight excluding hydrogens is 466 g/mol. The lowest BCUT2D eigenvalue weighted by molar-refractivity contribution is -0.132. The molecule has 37 heavy (non-hydrogen) atoms. The summed E-state index contributed by atoms with van der Waals surface area (Å²) in [6, 6.07) is 29.8. The van der Waals surface area contributed by atoms with E-state index in [9.17, 15) is 14.7 Å². The van der Waals surface area contributed by atoms with Crippen molar-refractivity contribution in [3.05, 3.63) is 125 Å². The SMILES string of the molecule is COc1ccc(/C(O)=C2/C(=O)C(=O)N(c3ccc(Oc4ccccc4)cc3)C2c2cccc(C)c2)cc1. The summed E-state index contributed by atoms with van der Waals surface area (Å²) in [5, 5.41) is 11.3. The maximum atomic E-state index is 13.4. The Morgan fingerprint density at radius 3 is 2.08 bits per heavy atom. The number of aliphatic hydroxyl groups is 1. The van der Waals surface area contributed by atoms with E-state index in [4.69, 9.17) is 9.47 Å². The summed E-state index contributed by atoms with van der Waals surface area (Å²) in [4.78, 5) is 28.2. The topological polar surface area (TPSA) is 76.1 Å². The Morgan fingerprint density at radius 1 is 0.784 bits per heavy atom. The molecular formula is C31H25NO5. The number of nitrogens with zero attached hydrogens (tertiary/aromatic N) is 1. The number of ketones is 1. The Morgan fingerprint density at radius 2 is 1.43 bits per heavy atom. The van der Waals surface area contributed by atoms with Gasteiger partial charge in [-0.15, -0.1) is 0 Å². The number of amides is 1. The molecule has 1 fully saturated rings. The van der Waals surface area contributed by atoms with Gasteiger partial charge in [0.15, 0.2) is 0 Å². The molecule has 5 rings (SSSR count). The van der Waals surface area contributed by atoms with Crippen LogP contribution >= 0.6 is 0 Å².